The van der Waals surface area contributed by atoms with Gasteiger partial charge in [-0.05, 0) is 18.6 Å². The van der Waals surface area contributed by atoms with Crippen molar-refractivity contribution >= 4 is 22.6 Å². The highest BCUT2D eigenvalue weighted by Gasteiger charge is 2.22. The Hall–Kier alpha value is -3.48. The van der Waals surface area contributed by atoms with Crippen molar-refractivity contribution in [2.45, 2.75) is 19.4 Å². The third-order valence-corrected chi connectivity index (χ3v) is 4.09. The number of carbonyl (C=O) groups excluding carboxylic acids is 2. The second-order valence-electron chi connectivity index (χ2n) is 5.89. The van der Waals surface area contributed by atoms with E-state index in [9.17, 15) is 14.4 Å². The van der Waals surface area contributed by atoms with Crippen LogP contribution in [0.15, 0.2) is 59.4 Å². The number of rotatable bonds is 6. The smallest absolute Gasteiger partial charge is 0.308 e. The van der Waals surface area contributed by atoms with E-state index in [2.05, 4.69) is 15.5 Å². The van der Waals surface area contributed by atoms with Gasteiger partial charge in [-0.25, -0.2) is 5.10 Å². The van der Waals surface area contributed by atoms with Gasteiger partial charge >= 0.3 is 5.97 Å². The van der Waals surface area contributed by atoms with Crippen LogP contribution in [0.4, 0.5) is 0 Å². The van der Waals surface area contributed by atoms with Crippen LogP contribution in [0.25, 0.3) is 10.8 Å². The molecule has 0 saturated carbocycles. The van der Waals surface area contributed by atoms with E-state index in [0.29, 0.717) is 10.8 Å². The number of aromatic amines is 1. The zero-order valence-electron chi connectivity index (χ0n) is 14.8. The number of esters is 1. The lowest BCUT2D eigenvalue weighted by Crippen LogP contribution is -2.32. The molecule has 3 rings (SSSR count). The third kappa shape index (κ3) is 4.20. The maximum atomic E-state index is 12.8. The molecular weight excluding hydrogens is 346 g/mol. The number of benzene rings is 2. The van der Waals surface area contributed by atoms with Crippen LogP contribution in [-0.2, 0) is 9.53 Å². The van der Waals surface area contributed by atoms with E-state index >= 15 is 0 Å². The summed E-state index contributed by atoms with van der Waals surface area (Å²) in [6.45, 7) is 1.99. The van der Waals surface area contributed by atoms with Gasteiger partial charge in [0.05, 0.1) is 24.5 Å². The van der Waals surface area contributed by atoms with Crippen molar-refractivity contribution in [1.29, 1.82) is 0 Å². The molecule has 7 nitrogen and oxygen atoms in total. The molecule has 2 N–H and O–H groups in total. The van der Waals surface area contributed by atoms with Crippen molar-refractivity contribution in [1.82, 2.24) is 15.5 Å². The van der Waals surface area contributed by atoms with Crippen LogP contribution in [0, 0.1) is 0 Å². The number of hydrogen-bond acceptors (Lipinski definition) is 5. The molecule has 0 fully saturated rings. The summed E-state index contributed by atoms with van der Waals surface area (Å²) < 4.78 is 5.01. The maximum Gasteiger partial charge on any atom is 0.308 e. The van der Waals surface area contributed by atoms with Gasteiger partial charge in [0, 0.05) is 5.39 Å². The van der Waals surface area contributed by atoms with E-state index in [1.807, 2.05) is 30.3 Å². The third-order valence-electron chi connectivity index (χ3n) is 4.09. The predicted molar refractivity (Wildman–Crippen MR) is 100 cm³/mol. The molecule has 1 atom stereocenters. The zero-order chi connectivity index (χ0) is 19.2. The Bertz CT molecular complexity index is 1010. The molecule has 0 bridgehead atoms. The molecule has 0 spiro atoms. The van der Waals surface area contributed by atoms with E-state index in [0.717, 1.165) is 5.56 Å². The summed E-state index contributed by atoms with van der Waals surface area (Å²) in [6, 6.07) is 15.3. The Morgan fingerprint density at radius 1 is 1.07 bits per heavy atom. The fourth-order valence-electron chi connectivity index (χ4n) is 2.84. The highest BCUT2D eigenvalue weighted by atomic mass is 16.5. The number of nitrogens with zero attached hydrogens (tertiary/aromatic N) is 1. The van der Waals surface area contributed by atoms with E-state index < -0.39 is 17.9 Å². The average Bonchev–Trinajstić information content (AvgIpc) is 2.69. The largest absolute Gasteiger partial charge is 0.466 e. The molecule has 7 heteroatoms. The topological polar surface area (TPSA) is 101 Å². The molecule has 1 aromatic heterocycles. The lowest BCUT2D eigenvalue weighted by Gasteiger charge is -2.18. The fraction of sp³-hybridized carbons (Fsp3) is 0.200. The first-order valence-electron chi connectivity index (χ1n) is 8.59. The highest BCUT2D eigenvalue weighted by molar-refractivity contribution is 6.04. The second-order valence-corrected chi connectivity index (χ2v) is 5.89. The maximum absolute atomic E-state index is 12.8. The van der Waals surface area contributed by atoms with Crippen molar-refractivity contribution in [2.24, 2.45) is 0 Å². The predicted octanol–water partition coefficient (Wildman–Crippen LogP) is 2.35. The van der Waals surface area contributed by atoms with Gasteiger partial charge in [0.15, 0.2) is 5.69 Å². The van der Waals surface area contributed by atoms with Crippen LogP contribution in [0.5, 0.6) is 0 Å². The van der Waals surface area contributed by atoms with E-state index in [1.54, 1.807) is 31.2 Å². The summed E-state index contributed by atoms with van der Waals surface area (Å²) in [6.07, 6.45) is -0.00905. The number of aromatic nitrogens is 2. The van der Waals surface area contributed by atoms with Crippen LogP contribution in [0.2, 0.25) is 0 Å². The van der Waals surface area contributed by atoms with Gasteiger partial charge in [0.25, 0.3) is 11.5 Å². The number of H-pyrrole nitrogens is 1. The molecule has 1 amide bonds. The van der Waals surface area contributed by atoms with Gasteiger partial charge in [-0.3, -0.25) is 14.4 Å². The summed E-state index contributed by atoms with van der Waals surface area (Å²) in [5.41, 5.74) is 0.496. The molecule has 27 heavy (non-hydrogen) atoms. The Labute approximate surface area is 155 Å². The number of fused-ring (bicyclic) bond motifs is 1. The monoisotopic (exact) mass is 365 g/mol. The number of hydrogen-bond donors (Lipinski definition) is 2. The van der Waals surface area contributed by atoms with Crippen molar-refractivity contribution in [3.63, 3.8) is 0 Å². The minimum atomic E-state index is -0.578. The number of nitrogens with one attached hydrogen (secondary N) is 2. The first-order valence-corrected chi connectivity index (χ1v) is 8.59. The molecule has 0 aliphatic heterocycles. The highest BCUT2D eigenvalue weighted by Crippen LogP contribution is 2.19. The van der Waals surface area contributed by atoms with Crippen molar-refractivity contribution in [2.75, 3.05) is 6.61 Å². The quantitative estimate of drug-likeness (QED) is 0.653. The molecular formula is C20H19N3O4. The normalized spacial score (nSPS) is 11.7. The Balaban J connectivity index is 1.92. The van der Waals surface area contributed by atoms with E-state index in [-0.39, 0.29) is 24.3 Å². The van der Waals surface area contributed by atoms with Gasteiger partial charge in [0.1, 0.15) is 0 Å². The zero-order valence-corrected chi connectivity index (χ0v) is 14.8. The van der Waals surface area contributed by atoms with Gasteiger partial charge in [-0.1, -0.05) is 48.5 Å². The van der Waals surface area contributed by atoms with Gasteiger partial charge < -0.3 is 10.1 Å². The van der Waals surface area contributed by atoms with Crippen LogP contribution in [0.1, 0.15) is 35.4 Å². The lowest BCUT2D eigenvalue weighted by molar-refractivity contribution is -0.143. The summed E-state index contributed by atoms with van der Waals surface area (Å²) in [4.78, 5) is 36.7. The number of amides is 1. The molecule has 0 aliphatic rings. The molecule has 138 valence electrons. The Kier molecular flexibility index (Phi) is 5.61. The molecule has 1 heterocycles. The molecule has 0 radical (unpaired) electrons. The first kappa shape index (κ1) is 18.3. The molecule has 1 unspecified atom stereocenters. The van der Waals surface area contributed by atoms with Gasteiger partial charge in [-0.2, -0.15) is 5.10 Å². The number of carbonyl (C=O) groups is 2. The minimum Gasteiger partial charge on any atom is -0.466 e. The van der Waals surface area contributed by atoms with Crippen LogP contribution < -0.4 is 10.9 Å². The van der Waals surface area contributed by atoms with E-state index in [1.165, 1.54) is 0 Å². The summed E-state index contributed by atoms with van der Waals surface area (Å²) in [5, 5.41) is 9.89. The van der Waals surface area contributed by atoms with Crippen LogP contribution in [0.3, 0.4) is 0 Å². The minimum absolute atomic E-state index is 0.00905. The summed E-state index contributed by atoms with van der Waals surface area (Å²) in [7, 11) is 0. The first-order chi connectivity index (χ1) is 13.1. The Morgan fingerprint density at radius 2 is 1.74 bits per heavy atom. The summed E-state index contributed by atoms with van der Waals surface area (Å²) >= 11 is 0. The summed E-state index contributed by atoms with van der Waals surface area (Å²) in [5.74, 6) is -0.897. The van der Waals surface area contributed by atoms with Gasteiger partial charge in [-0.15, -0.1) is 0 Å². The van der Waals surface area contributed by atoms with Crippen LogP contribution >= 0.6 is 0 Å². The van der Waals surface area contributed by atoms with E-state index in [4.69, 9.17) is 4.74 Å². The van der Waals surface area contributed by atoms with Crippen molar-refractivity contribution in [3.8, 4) is 0 Å². The SMILES string of the molecule is CCOC(=O)CC(NC(=O)c1n[nH]c(=O)c2ccccc12)c1ccccc1. The fourth-order valence-corrected chi connectivity index (χ4v) is 2.84. The van der Waals surface area contributed by atoms with Crippen molar-refractivity contribution < 1.29 is 14.3 Å². The molecule has 0 aliphatic carbocycles. The number of ether oxygens (including phenoxy) is 1. The standard InChI is InChI=1S/C20H19N3O4/c1-2-27-17(24)12-16(13-8-4-3-5-9-13)21-20(26)18-14-10-6-7-11-15(14)19(25)23-22-18/h3-11,16H,2,12H2,1H3,(H,21,26)(H,23,25). The lowest BCUT2D eigenvalue weighted by atomic mass is 10.0. The molecule has 3 aromatic rings. The van der Waals surface area contributed by atoms with Gasteiger partial charge in [0.2, 0.25) is 0 Å². The average molecular weight is 365 g/mol. The Morgan fingerprint density at radius 3 is 2.44 bits per heavy atom. The molecule has 2 aromatic carbocycles. The van der Waals surface area contributed by atoms with Crippen molar-refractivity contribution in [3.05, 3.63) is 76.2 Å². The van der Waals surface area contributed by atoms with Crippen LogP contribution in [-0.4, -0.2) is 28.7 Å². The molecule has 0 saturated heterocycles. The second kappa shape index (κ2) is 8.27.